The number of aromatic nitrogens is 2. The summed E-state index contributed by atoms with van der Waals surface area (Å²) in [5.74, 6) is 2.12. The minimum atomic E-state index is 0.807. The van der Waals surface area contributed by atoms with E-state index in [1.54, 1.807) is 0 Å². The van der Waals surface area contributed by atoms with Gasteiger partial charge in [-0.1, -0.05) is 31.2 Å². The lowest BCUT2D eigenvalue weighted by molar-refractivity contribution is 0.267. The van der Waals surface area contributed by atoms with Gasteiger partial charge in [0.05, 0.1) is 11.4 Å². The van der Waals surface area contributed by atoms with Crippen LogP contribution in [0.4, 0.5) is 11.4 Å². The molecule has 1 aromatic carbocycles. The molecule has 0 saturated carbocycles. The molecule has 0 N–H and O–H groups in total. The highest BCUT2D eigenvalue weighted by Gasteiger charge is 2.11. The van der Waals surface area contributed by atoms with Crippen molar-refractivity contribution in [3.05, 3.63) is 83.4 Å². The maximum Gasteiger partial charge on any atom is 0.0564 e. The zero-order valence-electron chi connectivity index (χ0n) is 20.7. The van der Waals surface area contributed by atoms with E-state index < -0.39 is 0 Å². The van der Waals surface area contributed by atoms with Crippen molar-refractivity contribution in [2.24, 2.45) is 0 Å². The highest BCUT2D eigenvalue weighted by molar-refractivity contribution is 7.98. The van der Waals surface area contributed by atoms with Crippen LogP contribution in [0.1, 0.15) is 29.4 Å². The fourth-order valence-electron chi connectivity index (χ4n) is 3.75. The lowest BCUT2D eigenvalue weighted by Gasteiger charge is -2.23. The van der Waals surface area contributed by atoms with Gasteiger partial charge in [-0.15, -0.1) is 0 Å². The zero-order chi connectivity index (χ0) is 23.6. The van der Waals surface area contributed by atoms with Gasteiger partial charge in [-0.3, -0.25) is 14.9 Å². The van der Waals surface area contributed by atoms with E-state index in [-0.39, 0.29) is 0 Å². The van der Waals surface area contributed by atoms with Crippen LogP contribution in [0.25, 0.3) is 0 Å². The Labute approximate surface area is 203 Å². The van der Waals surface area contributed by atoms with Gasteiger partial charge in [-0.05, 0) is 41.8 Å². The Balaban J connectivity index is 1.68. The minimum absolute atomic E-state index is 0.807. The third-order valence-electron chi connectivity index (χ3n) is 5.71. The topological polar surface area (TPSA) is 35.5 Å². The Kier molecular flexibility index (Phi) is 9.58. The van der Waals surface area contributed by atoms with E-state index in [0.717, 1.165) is 48.9 Å². The first-order chi connectivity index (χ1) is 16.0. The molecule has 2 aromatic heterocycles. The summed E-state index contributed by atoms with van der Waals surface area (Å²) in [4.78, 5) is 16.0. The number of hydrogen-bond acceptors (Lipinski definition) is 6. The lowest BCUT2D eigenvalue weighted by Crippen LogP contribution is -2.26. The van der Waals surface area contributed by atoms with Crippen molar-refractivity contribution in [3.63, 3.8) is 0 Å². The number of pyridine rings is 2. The van der Waals surface area contributed by atoms with Crippen LogP contribution < -0.4 is 9.80 Å². The second-order valence-electron chi connectivity index (χ2n) is 8.69. The second kappa shape index (κ2) is 12.6. The first-order valence-electron chi connectivity index (χ1n) is 11.6. The summed E-state index contributed by atoms with van der Waals surface area (Å²) < 4.78 is 0. The van der Waals surface area contributed by atoms with Crippen molar-refractivity contribution in [2.45, 2.75) is 32.2 Å². The van der Waals surface area contributed by atoms with Crippen LogP contribution in [0.2, 0.25) is 0 Å². The van der Waals surface area contributed by atoms with E-state index in [1.807, 2.05) is 24.2 Å². The molecule has 0 amide bonds. The normalized spacial score (nSPS) is 11.1. The van der Waals surface area contributed by atoms with Crippen molar-refractivity contribution in [1.82, 2.24) is 14.9 Å². The number of anilines is 2. The Hall–Kier alpha value is -2.57. The van der Waals surface area contributed by atoms with Crippen LogP contribution in [-0.2, 0) is 25.3 Å². The summed E-state index contributed by atoms with van der Waals surface area (Å²) in [5.41, 5.74) is 7.45. The third-order valence-corrected chi connectivity index (χ3v) is 6.70. The van der Waals surface area contributed by atoms with Crippen molar-refractivity contribution < 1.29 is 0 Å². The van der Waals surface area contributed by atoms with Crippen LogP contribution in [-0.4, -0.2) is 55.4 Å². The second-order valence-corrected chi connectivity index (χ2v) is 9.79. The number of hydrogen-bond donors (Lipinski definition) is 0. The van der Waals surface area contributed by atoms with Gasteiger partial charge in [-0.25, -0.2) is 0 Å². The molecule has 0 unspecified atom stereocenters. The van der Waals surface area contributed by atoms with Gasteiger partial charge in [-0.2, -0.15) is 11.8 Å². The molecule has 5 nitrogen and oxygen atoms in total. The molecular formula is C27H37N5S. The van der Waals surface area contributed by atoms with Crippen molar-refractivity contribution in [1.29, 1.82) is 0 Å². The standard InChI is InChI=1S/C27H37N5S/c1-6-22-9-7-8-10-23(22)21-33-16-15-32(19-24-17-26(30(2)3)11-13-28-24)20-25-18-27(31(4)5)12-14-29-25/h7-14,17-18H,6,15-16,19-21H2,1-5H3. The van der Waals surface area contributed by atoms with Gasteiger partial charge in [0.25, 0.3) is 0 Å². The quantitative estimate of drug-likeness (QED) is 0.348. The molecule has 0 atom stereocenters. The average molecular weight is 464 g/mol. The van der Waals surface area contributed by atoms with E-state index in [9.17, 15) is 0 Å². The summed E-state index contributed by atoms with van der Waals surface area (Å²) in [6.45, 7) is 4.83. The SMILES string of the molecule is CCc1ccccc1CSCCN(Cc1cc(N(C)C)ccn1)Cc1cc(N(C)C)ccn1. The number of benzene rings is 1. The number of nitrogens with zero attached hydrogens (tertiary/aromatic N) is 5. The molecule has 0 aliphatic heterocycles. The maximum atomic E-state index is 4.64. The van der Waals surface area contributed by atoms with Crippen molar-refractivity contribution in [3.8, 4) is 0 Å². The Morgan fingerprint density at radius 2 is 1.30 bits per heavy atom. The van der Waals surface area contributed by atoms with Crippen LogP contribution in [0, 0.1) is 0 Å². The molecule has 33 heavy (non-hydrogen) atoms. The molecule has 0 bridgehead atoms. The molecule has 0 aliphatic carbocycles. The predicted octanol–water partition coefficient (Wildman–Crippen LogP) is 5.11. The lowest BCUT2D eigenvalue weighted by atomic mass is 10.1. The van der Waals surface area contributed by atoms with E-state index in [4.69, 9.17) is 0 Å². The number of aryl methyl sites for hydroxylation is 1. The zero-order valence-corrected chi connectivity index (χ0v) is 21.5. The van der Waals surface area contributed by atoms with Gasteiger partial charge in [0.1, 0.15) is 0 Å². The maximum absolute atomic E-state index is 4.64. The molecule has 0 fully saturated rings. The first-order valence-corrected chi connectivity index (χ1v) is 12.7. The van der Waals surface area contributed by atoms with Gasteiger partial charge >= 0.3 is 0 Å². The largest absolute Gasteiger partial charge is 0.378 e. The third kappa shape index (κ3) is 7.76. The van der Waals surface area contributed by atoms with E-state index in [2.05, 4.69) is 108 Å². The van der Waals surface area contributed by atoms with Crippen molar-refractivity contribution >= 4 is 23.1 Å². The highest BCUT2D eigenvalue weighted by atomic mass is 32.2. The van der Waals surface area contributed by atoms with Gasteiger partial charge < -0.3 is 9.80 Å². The van der Waals surface area contributed by atoms with E-state index in [1.165, 1.54) is 22.5 Å². The molecule has 3 aromatic rings. The Morgan fingerprint density at radius 1 is 0.758 bits per heavy atom. The van der Waals surface area contributed by atoms with E-state index in [0.29, 0.717) is 0 Å². The summed E-state index contributed by atoms with van der Waals surface area (Å²) in [5, 5.41) is 0. The highest BCUT2D eigenvalue weighted by Crippen LogP contribution is 2.20. The molecule has 0 radical (unpaired) electrons. The fourth-order valence-corrected chi connectivity index (χ4v) is 4.78. The van der Waals surface area contributed by atoms with Crippen molar-refractivity contribution in [2.75, 3.05) is 50.3 Å². The van der Waals surface area contributed by atoms with Crippen LogP contribution in [0.3, 0.4) is 0 Å². The molecule has 0 spiro atoms. The fraction of sp³-hybridized carbons (Fsp3) is 0.407. The predicted molar refractivity (Wildman–Crippen MR) is 143 cm³/mol. The van der Waals surface area contributed by atoms with Gasteiger partial charge in [0, 0.05) is 83.1 Å². The molecule has 6 heteroatoms. The Bertz CT molecular complexity index is 952. The Morgan fingerprint density at radius 3 is 1.82 bits per heavy atom. The molecular weight excluding hydrogens is 426 g/mol. The summed E-state index contributed by atoms with van der Waals surface area (Å²) in [7, 11) is 8.27. The molecule has 3 rings (SSSR count). The number of rotatable bonds is 12. The molecule has 2 heterocycles. The van der Waals surface area contributed by atoms with Crippen LogP contribution in [0.5, 0.6) is 0 Å². The van der Waals surface area contributed by atoms with Gasteiger partial charge in [0.15, 0.2) is 0 Å². The van der Waals surface area contributed by atoms with Gasteiger partial charge in [0.2, 0.25) is 0 Å². The van der Waals surface area contributed by atoms with E-state index >= 15 is 0 Å². The first kappa shape index (κ1) is 25.1. The number of thioether (sulfide) groups is 1. The molecule has 0 saturated heterocycles. The average Bonchev–Trinajstić information content (AvgIpc) is 2.82. The van der Waals surface area contributed by atoms with Crippen LogP contribution in [0.15, 0.2) is 60.9 Å². The minimum Gasteiger partial charge on any atom is -0.378 e. The summed E-state index contributed by atoms with van der Waals surface area (Å²) >= 11 is 2.00. The monoisotopic (exact) mass is 463 g/mol. The summed E-state index contributed by atoms with van der Waals surface area (Å²) in [6, 6.07) is 17.3. The smallest absolute Gasteiger partial charge is 0.0564 e. The van der Waals surface area contributed by atoms with Crippen LogP contribution >= 0.6 is 11.8 Å². The summed E-state index contributed by atoms with van der Waals surface area (Å²) in [6.07, 6.45) is 4.90. The molecule has 176 valence electrons. The molecule has 0 aliphatic rings.